The van der Waals surface area contributed by atoms with Gasteiger partial charge in [0.15, 0.2) is 0 Å². The van der Waals surface area contributed by atoms with Gasteiger partial charge in [-0.1, -0.05) is 49.4 Å². The predicted molar refractivity (Wildman–Crippen MR) is 100 cm³/mol. The number of ether oxygens (including phenoxy) is 1. The lowest BCUT2D eigenvalue weighted by molar-refractivity contribution is -0.120. The number of para-hydroxylation sites is 2. The van der Waals surface area contributed by atoms with Crippen molar-refractivity contribution >= 4 is 11.6 Å². The van der Waals surface area contributed by atoms with E-state index in [0.717, 1.165) is 24.2 Å². The molecule has 2 atom stereocenters. The highest BCUT2D eigenvalue weighted by Crippen LogP contribution is 2.30. The van der Waals surface area contributed by atoms with Crippen molar-refractivity contribution in [1.82, 2.24) is 0 Å². The topological polar surface area (TPSA) is 64.3 Å². The van der Waals surface area contributed by atoms with Crippen molar-refractivity contribution in [3.8, 4) is 5.75 Å². The predicted octanol–water partition coefficient (Wildman–Crippen LogP) is 4.28. The Morgan fingerprint density at radius 2 is 1.72 bits per heavy atom. The maximum absolute atomic E-state index is 12.7. The van der Waals surface area contributed by atoms with Gasteiger partial charge >= 0.3 is 0 Å². The molecule has 4 heteroatoms. The number of benzene rings is 2. The molecule has 1 aliphatic rings. The Balaban J connectivity index is 1.68. The molecular weight excluding hydrogens is 312 g/mol. The Labute approximate surface area is 149 Å². The van der Waals surface area contributed by atoms with Gasteiger partial charge in [-0.05, 0) is 43.4 Å². The Hall–Kier alpha value is -2.33. The van der Waals surface area contributed by atoms with Crippen LogP contribution in [-0.4, -0.2) is 12.0 Å². The molecule has 25 heavy (non-hydrogen) atoms. The highest BCUT2D eigenvalue weighted by atomic mass is 16.5. The summed E-state index contributed by atoms with van der Waals surface area (Å²) in [5.74, 6) is 0.295. The highest BCUT2D eigenvalue weighted by molar-refractivity contribution is 5.94. The molecule has 1 aliphatic carbocycles. The van der Waals surface area contributed by atoms with Crippen molar-refractivity contribution in [3.05, 3.63) is 60.2 Å². The molecule has 2 aromatic carbocycles. The third kappa shape index (κ3) is 4.40. The second-order valence-electron chi connectivity index (χ2n) is 6.73. The van der Waals surface area contributed by atoms with E-state index in [1.165, 1.54) is 12.8 Å². The van der Waals surface area contributed by atoms with Crippen molar-refractivity contribution in [1.29, 1.82) is 0 Å². The quantitative estimate of drug-likeness (QED) is 0.826. The van der Waals surface area contributed by atoms with Gasteiger partial charge in [0.25, 0.3) is 0 Å². The summed E-state index contributed by atoms with van der Waals surface area (Å²) in [6.45, 7) is 1.85. The number of hydrogen-bond donors (Lipinski definition) is 2. The molecule has 0 aromatic heterocycles. The maximum atomic E-state index is 12.7. The SMILES string of the molecule is CC(C(=O)Nc1ccccc1OC1CCCC1)C(N)c1ccccc1. The lowest BCUT2D eigenvalue weighted by Crippen LogP contribution is -2.30. The molecule has 4 nitrogen and oxygen atoms in total. The lowest BCUT2D eigenvalue weighted by atomic mass is 9.94. The number of rotatable bonds is 6. The fourth-order valence-electron chi connectivity index (χ4n) is 3.23. The molecular formula is C21H26N2O2. The van der Waals surface area contributed by atoms with Crippen LogP contribution in [0.1, 0.15) is 44.2 Å². The molecule has 132 valence electrons. The molecule has 3 N–H and O–H groups in total. The van der Waals surface area contributed by atoms with Gasteiger partial charge in [-0.2, -0.15) is 0 Å². The molecule has 0 radical (unpaired) electrons. The summed E-state index contributed by atoms with van der Waals surface area (Å²) in [4.78, 5) is 12.7. The number of carbonyl (C=O) groups is 1. The van der Waals surface area contributed by atoms with E-state index >= 15 is 0 Å². The largest absolute Gasteiger partial charge is 0.488 e. The van der Waals surface area contributed by atoms with Gasteiger partial charge in [-0.3, -0.25) is 4.79 Å². The molecule has 0 heterocycles. The van der Waals surface area contributed by atoms with Gasteiger partial charge in [-0.15, -0.1) is 0 Å². The number of nitrogens with one attached hydrogen (secondary N) is 1. The third-order valence-electron chi connectivity index (χ3n) is 4.88. The molecule has 0 saturated heterocycles. The molecule has 1 saturated carbocycles. The summed E-state index contributed by atoms with van der Waals surface area (Å²) in [5, 5.41) is 2.99. The average Bonchev–Trinajstić information content (AvgIpc) is 3.16. The van der Waals surface area contributed by atoms with Crippen LogP contribution in [0.2, 0.25) is 0 Å². The van der Waals surface area contributed by atoms with E-state index in [1.807, 2.05) is 61.5 Å². The summed E-state index contributed by atoms with van der Waals surface area (Å²) in [6, 6.07) is 17.0. The second kappa shape index (κ2) is 8.17. The Morgan fingerprint density at radius 3 is 2.44 bits per heavy atom. The van der Waals surface area contributed by atoms with E-state index in [9.17, 15) is 4.79 Å². The first-order valence-electron chi connectivity index (χ1n) is 9.02. The van der Waals surface area contributed by atoms with E-state index < -0.39 is 0 Å². The summed E-state index contributed by atoms with van der Waals surface area (Å²) in [6.07, 6.45) is 4.83. The fraction of sp³-hybridized carbons (Fsp3) is 0.381. The monoisotopic (exact) mass is 338 g/mol. The Morgan fingerprint density at radius 1 is 1.08 bits per heavy atom. The summed E-state index contributed by atoms with van der Waals surface area (Å²) < 4.78 is 6.09. The van der Waals surface area contributed by atoms with Crippen LogP contribution in [0, 0.1) is 5.92 Å². The van der Waals surface area contributed by atoms with Crippen LogP contribution in [0.4, 0.5) is 5.69 Å². The minimum atomic E-state index is -0.345. The lowest BCUT2D eigenvalue weighted by Gasteiger charge is -2.21. The zero-order valence-corrected chi connectivity index (χ0v) is 14.7. The van der Waals surface area contributed by atoms with E-state index in [2.05, 4.69) is 5.32 Å². The molecule has 0 aliphatic heterocycles. The number of anilines is 1. The maximum Gasteiger partial charge on any atom is 0.229 e. The zero-order chi connectivity index (χ0) is 17.6. The summed E-state index contributed by atoms with van der Waals surface area (Å²) in [5.41, 5.74) is 7.94. The van der Waals surface area contributed by atoms with E-state index in [1.54, 1.807) is 0 Å². The van der Waals surface area contributed by atoms with Crippen LogP contribution in [-0.2, 0) is 4.79 Å². The minimum absolute atomic E-state index is 0.0983. The number of hydrogen-bond acceptors (Lipinski definition) is 3. The normalized spacial score (nSPS) is 17.0. The molecule has 1 fully saturated rings. The Bertz CT molecular complexity index is 696. The number of nitrogens with two attached hydrogens (primary N) is 1. The van der Waals surface area contributed by atoms with Gasteiger partial charge in [0.05, 0.1) is 17.7 Å². The first kappa shape index (κ1) is 17.5. The zero-order valence-electron chi connectivity index (χ0n) is 14.7. The first-order chi connectivity index (χ1) is 12.1. The van der Waals surface area contributed by atoms with Gasteiger partial charge in [0.2, 0.25) is 5.91 Å². The number of carbonyl (C=O) groups excluding carboxylic acids is 1. The minimum Gasteiger partial charge on any atom is -0.488 e. The van der Waals surface area contributed by atoms with Crippen LogP contribution >= 0.6 is 0 Å². The summed E-state index contributed by atoms with van der Waals surface area (Å²) in [7, 11) is 0. The second-order valence-corrected chi connectivity index (χ2v) is 6.73. The molecule has 2 unspecified atom stereocenters. The molecule has 1 amide bonds. The van der Waals surface area contributed by atoms with Crippen molar-refractivity contribution in [3.63, 3.8) is 0 Å². The fourth-order valence-corrected chi connectivity index (χ4v) is 3.23. The van der Waals surface area contributed by atoms with Crippen LogP contribution in [0.25, 0.3) is 0 Å². The van der Waals surface area contributed by atoms with Gasteiger partial charge < -0.3 is 15.8 Å². The average molecular weight is 338 g/mol. The standard InChI is InChI=1S/C21H26N2O2/c1-15(20(22)16-9-3-2-4-10-16)21(24)23-18-13-7-8-14-19(18)25-17-11-5-6-12-17/h2-4,7-10,13-15,17,20H,5-6,11-12,22H2,1H3,(H,23,24). The van der Waals surface area contributed by atoms with Crippen LogP contribution in [0.5, 0.6) is 5.75 Å². The van der Waals surface area contributed by atoms with Crippen molar-refractivity contribution in [2.24, 2.45) is 11.7 Å². The summed E-state index contributed by atoms with van der Waals surface area (Å²) >= 11 is 0. The number of amides is 1. The smallest absolute Gasteiger partial charge is 0.229 e. The van der Waals surface area contributed by atoms with Gasteiger partial charge in [-0.25, -0.2) is 0 Å². The first-order valence-corrected chi connectivity index (χ1v) is 9.02. The highest BCUT2D eigenvalue weighted by Gasteiger charge is 2.24. The van der Waals surface area contributed by atoms with Gasteiger partial charge in [0.1, 0.15) is 5.75 Å². The van der Waals surface area contributed by atoms with E-state index in [4.69, 9.17) is 10.5 Å². The molecule has 0 bridgehead atoms. The van der Waals surface area contributed by atoms with Crippen LogP contribution in [0.15, 0.2) is 54.6 Å². The molecule has 3 rings (SSSR count). The van der Waals surface area contributed by atoms with Crippen molar-refractivity contribution in [2.75, 3.05) is 5.32 Å². The van der Waals surface area contributed by atoms with Crippen LogP contribution in [0.3, 0.4) is 0 Å². The van der Waals surface area contributed by atoms with E-state index in [0.29, 0.717) is 5.69 Å². The van der Waals surface area contributed by atoms with Crippen LogP contribution < -0.4 is 15.8 Å². The molecule has 0 spiro atoms. The van der Waals surface area contributed by atoms with E-state index in [-0.39, 0.29) is 24.0 Å². The van der Waals surface area contributed by atoms with Gasteiger partial charge in [0, 0.05) is 6.04 Å². The van der Waals surface area contributed by atoms with Crippen molar-refractivity contribution in [2.45, 2.75) is 44.8 Å². The van der Waals surface area contributed by atoms with Crippen molar-refractivity contribution < 1.29 is 9.53 Å². The third-order valence-corrected chi connectivity index (χ3v) is 4.88. The Kier molecular flexibility index (Phi) is 5.71. The molecule has 2 aromatic rings.